The van der Waals surface area contributed by atoms with Crippen molar-refractivity contribution in [1.29, 1.82) is 0 Å². The molecule has 1 unspecified atom stereocenters. The largest absolute Gasteiger partial charge is 0.399 e. The molecule has 16 heavy (non-hydrogen) atoms. The first-order chi connectivity index (χ1) is 7.66. The Kier molecular flexibility index (Phi) is 3.13. The van der Waals surface area contributed by atoms with Crippen LogP contribution in [-0.4, -0.2) is 23.4 Å². The summed E-state index contributed by atoms with van der Waals surface area (Å²) in [5.74, 6) is 0.218. The summed E-state index contributed by atoms with van der Waals surface area (Å²) in [6, 6.07) is 7.96. The van der Waals surface area contributed by atoms with Crippen LogP contribution >= 0.6 is 0 Å². The molecule has 86 valence electrons. The van der Waals surface area contributed by atoms with E-state index in [0.717, 1.165) is 30.6 Å². The SMILES string of the molecule is CC1CCCN1C(=O)Cc1cccc(N)c1. The second-order valence-electron chi connectivity index (χ2n) is 4.50. The third-order valence-electron chi connectivity index (χ3n) is 3.18. The minimum Gasteiger partial charge on any atom is -0.399 e. The molecule has 3 heteroatoms. The van der Waals surface area contributed by atoms with E-state index in [2.05, 4.69) is 6.92 Å². The van der Waals surface area contributed by atoms with E-state index in [1.165, 1.54) is 0 Å². The summed E-state index contributed by atoms with van der Waals surface area (Å²) < 4.78 is 0. The van der Waals surface area contributed by atoms with Gasteiger partial charge in [0, 0.05) is 18.3 Å². The molecule has 0 saturated carbocycles. The van der Waals surface area contributed by atoms with E-state index in [9.17, 15) is 4.79 Å². The van der Waals surface area contributed by atoms with Crippen LogP contribution in [-0.2, 0) is 11.2 Å². The minimum absolute atomic E-state index is 0.218. The molecule has 1 aliphatic heterocycles. The Balaban J connectivity index is 2.02. The number of nitrogens with zero attached hydrogens (tertiary/aromatic N) is 1. The molecular weight excluding hydrogens is 200 g/mol. The zero-order valence-electron chi connectivity index (χ0n) is 9.65. The molecule has 1 heterocycles. The van der Waals surface area contributed by atoms with Crippen LogP contribution < -0.4 is 5.73 Å². The Morgan fingerprint density at radius 2 is 2.38 bits per heavy atom. The summed E-state index contributed by atoms with van der Waals surface area (Å²) in [5, 5.41) is 0. The maximum absolute atomic E-state index is 12.0. The monoisotopic (exact) mass is 218 g/mol. The number of nitrogens with two attached hydrogens (primary N) is 1. The van der Waals surface area contributed by atoms with Crippen LogP contribution in [0.3, 0.4) is 0 Å². The lowest BCUT2D eigenvalue weighted by Crippen LogP contribution is -2.34. The van der Waals surface area contributed by atoms with E-state index in [0.29, 0.717) is 12.5 Å². The molecule has 0 bridgehead atoms. The summed E-state index contributed by atoms with van der Waals surface area (Å²) in [6.07, 6.45) is 2.72. The molecule has 2 N–H and O–H groups in total. The first-order valence-corrected chi connectivity index (χ1v) is 5.80. The van der Waals surface area contributed by atoms with E-state index in [1.54, 1.807) is 0 Å². The van der Waals surface area contributed by atoms with Crippen molar-refractivity contribution in [3.05, 3.63) is 29.8 Å². The van der Waals surface area contributed by atoms with Crippen molar-refractivity contribution in [2.24, 2.45) is 0 Å². The number of hydrogen-bond acceptors (Lipinski definition) is 2. The van der Waals surface area contributed by atoms with Gasteiger partial charge in [-0.3, -0.25) is 4.79 Å². The van der Waals surface area contributed by atoms with Crippen LogP contribution in [0.15, 0.2) is 24.3 Å². The van der Waals surface area contributed by atoms with Gasteiger partial charge in [0.15, 0.2) is 0 Å². The van der Waals surface area contributed by atoms with Crippen molar-refractivity contribution in [1.82, 2.24) is 4.90 Å². The highest BCUT2D eigenvalue weighted by Gasteiger charge is 2.24. The van der Waals surface area contributed by atoms with Gasteiger partial charge >= 0.3 is 0 Å². The standard InChI is InChI=1S/C13H18N2O/c1-10-4-3-7-15(10)13(16)9-11-5-2-6-12(14)8-11/h2,5-6,8,10H,3-4,7,9,14H2,1H3. The maximum Gasteiger partial charge on any atom is 0.227 e. The van der Waals surface area contributed by atoms with Crippen molar-refractivity contribution >= 4 is 11.6 Å². The Morgan fingerprint density at radius 1 is 1.56 bits per heavy atom. The van der Waals surface area contributed by atoms with Crippen LogP contribution in [0.5, 0.6) is 0 Å². The topological polar surface area (TPSA) is 46.3 Å². The zero-order chi connectivity index (χ0) is 11.5. The molecule has 0 aromatic heterocycles. The van der Waals surface area contributed by atoms with Crippen molar-refractivity contribution in [2.75, 3.05) is 12.3 Å². The summed E-state index contributed by atoms with van der Waals surface area (Å²) >= 11 is 0. The molecule has 1 aliphatic rings. The molecule has 1 saturated heterocycles. The minimum atomic E-state index is 0.218. The predicted octanol–water partition coefficient (Wildman–Crippen LogP) is 1.82. The second kappa shape index (κ2) is 4.56. The molecule has 0 spiro atoms. The Morgan fingerprint density at radius 3 is 3.00 bits per heavy atom. The lowest BCUT2D eigenvalue weighted by molar-refractivity contribution is -0.130. The van der Waals surface area contributed by atoms with Crippen molar-refractivity contribution in [3.63, 3.8) is 0 Å². The lowest BCUT2D eigenvalue weighted by Gasteiger charge is -2.21. The van der Waals surface area contributed by atoms with E-state index in [-0.39, 0.29) is 5.91 Å². The molecular formula is C13H18N2O. The van der Waals surface area contributed by atoms with Gasteiger partial charge in [-0.25, -0.2) is 0 Å². The summed E-state index contributed by atoms with van der Waals surface area (Å²) in [4.78, 5) is 14.0. The molecule has 1 aromatic rings. The Labute approximate surface area is 96.2 Å². The number of nitrogen functional groups attached to an aromatic ring is 1. The maximum atomic E-state index is 12.0. The van der Waals surface area contributed by atoms with Crippen molar-refractivity contribution in [2.45, 2.75) is 32.2 Å². The normalized spacial score (nSPS) is 20.1. The summed E-state index contributed by atoms with van der Waals surface area (Å²) in [6.45, 7) is 3.02. The number of rotatable bonds is 2. The molecule has 3 nitrogen and oxygen atoms in total. The fraction of sp³-hybridized carbons (Fsp3) is 0.462. The second-order valence-corrected chi connectivity index (χ2v) is 4.50. The van der Waals surface area contributed by atoms with E-state index >= 15 is 0 Å². The van der Waals surface area contributed by atoms with E-state index in [1.807, 2.05) is 29.2 Å². The molecule has 0 aliphatic carbocycles. The van der Waals surface area contributed by atoms with Crippen LogP contribution in [0, 0.1) is 0 Å². The molecule has 1 atom stereocenters. The molecule has 1 aromatic carbocycles. The van der Waals surface area contributed by atoms with Gasteiger partial charge in [0.05, 0.1) is 6.42 Å². The van der Waals surface area contributed by atoms with Gasteiger partial charge in [-0.1, -0.05) is 12.1 Å². The summed E-state index contributed by atoms with van der Waals surface area (Å²) in [7, 11) is 0. The first-order valence-electron chi connectivity index (χ1n) is 5.80. The van der Waals surface area contributed by atoms with Crippen LogP contribution in [0.1, 0.15) is 25.3 Å². The van der Waals surface area contributed by atoms with Crippen LogP contribution in [0.2, 0.25) is 0 Å². The fourth-order valence-electron chi connectivity index (χ4n) is 2.28. The van der Waals surface area contributed by atoms with E-state index < -0.39 is 0 Å². The van der Waals surface area contributed by atoms with Gasteiger partial charge in [0.25, 0.3) is 0 Å². The van der Waals surface area contributed by atoms with Crippen LogP contribution in [0.25, 0.3) is 0 Å². The van der Waals surface area contributed by atoms with Gasteiger partial charge in [0.2, 0.25) is 5.91 Å². The van der Waals surface area contributed by atoms with Gasteiger partial charge in [-0.2, -0.15) is 0 Å². The highest BCUT2D eigenvalue weighted by atomic mass is 16.2. The third-order valence-corrected chi connectivity index (χ3v) is 3.18. The number of anilines is 1. The highest BCUT2D eigenvalue weighted by Crippen LogP contribution is 2.18. The highest BCUT2D eigenvalue weighted by molar-refractivity contribution is 5.79. The summed E-state index contributed by atoms with van der Waals surface area (Å²) in [5.41, 5.74) is 7.42. The number of amides is 1. The number of likely N-dealkylation sites (tertiary alicyclic amines) is 1. The van der Waals surface area contributed by atoms with Crippen molar-refractivity contribution < 1.29 is 4.79 Å². The van der Waals surface area contributed by atoms with Gasteiger partial charge < -0.3 is 10.6 Å². The Hall–Kier alpha value is -1.51. The van der Waals surface area contributed by atoms with E-state index in [4.69, 9.17) is 5.73 Å². The van der Waals surface area contributed by atoms with Crippen molar-refractivity contribution in [3.8, 4) is 0 Å². The molecule has 0 radical (unpaired) electrons. The number of benzene rings is 1. The third kappa shape index (κ3) is 2.35. The Bertz CT molecular complexity index is 389. The van der Waals surface area contributed by atoms with Gasteiger partial charge in [0.1, 0.15) is 0 Å². The smallest absolute Gasteiger partial charge is 0.227 e. The number of hydrogen-bond donors (Lipinski definition) is 1. The van der Waals surface area contributed by atoms with Gasteiger partial charge in [-0.05, 0) is 37.5 Å². The van der Waals surface area contributed by atoms with Gasteiger partial charge in [-0.15, -0.1) is 0 Å². The first kappa shape index (κ1) is 11.0. The number of carbonyl (C=O) groups excluding carboxylic acids is 1. The lowest BCUT2D eigenvalue weighted by atomic mass is 10.1. The number of carbonyl (C=O) groups is 1. The predicted molar refractivity (Wildman–Crippen MR) is 65.0 cm³/mol. The zero-order valence-corrected chi connectivity index (χ0v) is 9.65. The van der Waals surface area contributed by atoms with Crippen LogP contribution in [0.4, 0.5) is 5.69 Å². The average Bonchev–Trinajstić information content (AvgIpc) is 2.64. The molecule has 2 rings (SSSR count). The average molecular weight is 218 g/mol. The quantitative estimate of drug-likeness (QED) is 0.770. The fourth-order valence-corrected chi connectivity index (χ4v) is 2.28. The molecule has 1 amide bonds. The molecule has 1 fully saturated rings.